The predicted octanol–water partition coefficient (Wildman–Crippen LogP) is 1.84. The second-order valence-electron chi connectivity index (χ2n) is 3.60. The molecule has 13 heavy (non-hydrogen) atoms. The SMILES string of the molecule is CC(C)C(C)c1cocc([OH2+])c1=O. The van der Waals surface area contributed by atoms with Crippen molar-refractivity contribution < 1.29 is 9.52 Å². The van der Waals surface area contributed by atoms with Crippen molar-refractivity contribution in [1.82, 2.24) is 0 Å². The van der Waals surface area contributed by atoms with Crippen molar-refractivity contribution >= 4 is 0 Å². The molecule has 72 valence electrons. The van der Waals surface area contributed by atoms with Gasteiger partial charge in [0.1, 0.15) is 0 Å². The van der Waals surface area contributed by atoms with Gasteiger partial charge in [-0.1, -0.05) is 20.8 Å². The quantitative estimate of drug-likeness (QED) is 0.657. The fraction of sp³-hybridized carbons (Fsp3) is 0.500. The van der Waals surface area contributed by atoms with Gasteiger partial charge in [0.05, 0.1) is 6.26 Å². The molecule has 0 amide bonds. The van der Waals surface area contributed by atoms with Crippen LogP contribution in [0, 0.1) is 5.92 Å². The minimum atomic E-state index is -0.215. The summed E-state index contributed by atoms with van der Waals surface area (Å²) in [7, 11) is 0. The zero-order valence-corrected chi connectivity index (χ0v) is 8.13. The molecule has 1 unspecified atom stereocenters. The maximum Gasteiger partial charge on any atom is 0.338 e. The molecule has 0 aromatic carbocycles. The summed E-state index contributed by atoms with van der Waals surface area (Å²) < 4.78 is 4.90. The van der Waals surface area contributed by atoms with Crippen LogP contribution in [0.5, 0.6) is 5.75 Å². The summed E-state index contributed by atoms with van der Waals surface area (Å²) >= 11 is 0. The van der Waals surface area contributed by atoms with Gasteiger partial charge in [-0.25, -0.2) is 0 Å². The lowest BCUT2D eigenvalue weighted by atomic mass is 9.91. The molecule has 0 saturated carbocycles. The van der Waals surface area contributed by atoms with E-state index in [4.69, 9.17) is 9.52 Å². The highest BCUT2D eigenvalue weighted by Crippen LogP contribution is 2.21. The Morgan fingerprint density at radius 1 is 1.31 bits per heavy atom. The van der Waals surface area contributed by atoms with Crippen LogP contribution >= 0.6 is 0 Å². The van der Waals surface area contributed by atoms with E-state index in [2.05, 4.69) is 0 Å². The van der Waals surface area contributed by atoms with Gasteiger partial charge in [0.25, 0.3) is 5.43 Å². The highest BCUT2D eigenvalue weighted by molar-refractivity contribution is 5.23. The van der Waals surface area contributed by atoms with Crippen molar-refractivity contribution in [2.75, 3.05) is 0 Å². The molecule has 1 aromatic rings. The molecule has 1 heterocycles. The van der Waals surface area contributed by atoms with E-state index in [0.717, 1.165) is 0 Å². The fourth-order valence-electron chi connectivity index (χ4n) is 1.11. The summed E-state index contributed by atoms with van der Waals surface area (Å²) in [5, 5.41) is 7.29. The van der Waals surface area contributed by atoms with Gasteiger partial charge in [-0.2, -0.15) is 0 Å². The fourth-order valence-corrected chi connectivity index (χ4v) is 1.11. The summed E-state index contributed by atoms with van der Waals surface area (Å²) in [4.78, 5) is 11.5. The Morgan fingerprint density at radius 3 is 2.46 bits per heavy atom. The van der Waals surface area contributed by atoms with E-state index in [9.17, 15) is 4.79 Å². The van der Waals surface area contributed by atoms with Gasteiger partial charge < -0.3 is 9.52 Å². The van der Waals surface area contributed by atoms with Crippen molar-refractivity contribution in [2.45, 2.75) is 26.7 Å². The first-order valence-electron chi connectivity index (χ1n) is 4.36. The summed E-state index contributed by atoms with van der Waals surface area (Å²) in [6.07, 6.45) is 2.62. The van der Waals surface area contributed by atoms with E-state index < -0.39 is 0 Å². The molecule has 0 saturated heterocycles. The Bertz CT molecular complexity index is 338. The van der Waals surface area contributed by atoms with Gasteiger partial charge in [0, 0.05) is 5.56 Å². The van der Waals surface area contributed by atoms with E-state index >= 15 is 0 Å². The topological polar surface area (TPSA) is 53.1 Å². The van der Waals surface area contributed by atoms with Crippen LogP contribution in [0.25, 0.3) is 0 Å². The van der Waals surface area contributed by atoms with E-state index in [1.807, 2.05) is 20.8 Å². The molecule has 3 nitrogen and oxygen atoms in total. The lowest BCUT2D eigenvalue weighted by Gasteiger charge is -2.13. The summed E-state index contributed by atoms with van der Waals surface area (Å²) in [6, 6.07) is 0. The van der Waals surface area contributed by atoms with Crippen LogP contribution in [0.2, 0.25) is 0 Å². The number of hydrogen-bond donors (Lipinski definition) is 0. The summed E-state index contributed by atoms with van der Waals surface area (Å²) in [6.45, 7) is 6.05. The second-order valence-corrected chi connectivity index (χ2v) is 3.60. The van der Waals surface area contributed by atoms with Gasteiger partial charge in [-0.05, 0) is 11.8 Å². The summed E-state index contributed by atoms with van der Waals surface area (Å²) in [5.74, 6) is 0.455. The molecule has 2 N–H and O–H groups in total. The van der Waals surface area contributed by atoms with Crippen LogP contribution in [0.1, 0.15) is 32.3 Å². The largest absolute Gasteiger partial charge is 0.588 e. The van der Waals surface area contributed by atoms with Gasteiger partial charge >= 0.3 is 5.75 Å². The third-order valence-corrected chi connectivity index (χ3v) is 2.38. The van der Waals surface area contributed by atoms with Crippen LogP contribution in [0.4, 0.5) is 0 Å². The van der Waals surface area contributed by atoms with Crippen LogP contribution in [-0.4, -0.2) is 5.11 Å². The lowest BCUT2D eigenvalue weighted by molar-refractivity contribution is 0.416. The Balaban J connectivity index is 3.16. The third kappa shape index (κ3) is 1.91. The molecule has 1 aromatic heterocycles. The number of rotatable bonds is 2. The molecule has 0 aliphatic carbocycles. The van der Waals surface area contributed by atoms with Crippen molar-refractivity contribution in [3.8, 4) is 5.75 Å². The average Bonchev–Trinajstić information content (AvgIpc) is 2.08. The molecule has 1 atom stereocenters. The van der Waals surface area contributed by atoms with E-state index in [1.165, 1.54) is 12.5 Å². The Labute approximate surface area is 77.0 Å². The highest BCUT2D eigenvalue weighted by atomic mass is 16.3. The van der Waals surface area contributed by atoms with Gasteiger partial charge in [-0.3, -0.25) is 4.79 Å². The highest BCUT2D eigenvalue weighted by Gasteiger charge is 2.17. The van der Waals surface area contributed by atoms with Crippen molar-refractivity contribution in [2.24, 2.45) is 5.92 Å². The zero-order chi connectivity index (χ0) is 10.0. The van der Waals surface area contributed by atoms with Crippen LogP contribution in [0.15, 0.2) is 21.7 Å². The predicted molar refractivity (Wildman–Crippen MR) is 51.3 cm³/mol. The minimum absolute atomic E-state index is 0.0648. The van der Waals surface area contributed by atoms with Gasteiger partial charge in [-0.15, -0.1) is 0 Å². The summed E-state index contributed by atoms with van der Waals surface area (Å²) in [5.41, 5.74) is 0.384. The molecule has 0 spiro atoms. The van der Waals surface area contributed by atoms with E-state index in [0.29, 0.717) is 11.5 Å². The van der Waals surface area contributed by atoms with Crippen molar-refractivity contribution in [3.63, 3.8) is 0 Å². The Hall–Kier alpha value is -1.25. The van der Waals surface area contributed by atoms with Gasteiger partial charge in [0.15, 0.2) is 6.26 Å². The molecular formula is C10H15O3+. The van der Waals surface area contributed by atoms with E-state index in [-0.39, 0.29) is 17.1 Å². The van der Waals surface area contributed by atoms with Gasteiger partial charge in [0.2, 0.25) is 0 Å². The smallest absolute Gasteiger partial charge is 0.338 e. The maximum absolute atomic E-state index is 11.5. The van der Waals surface area contributed by atoms with Crippen LogP contribution in [-0.2, 0) is 0 Å². The molecule has 3 heteroatoms. The molecule has 0 fully saturated rings. The lowest BCUT2D eigenvalue weighted by Crippen LogP contribution is -2.14. The Morgan fingerprint density at radius 2 is 1.92 bits per heavy atom. The molecule has 0 aliphatic rings. The molecule has 0 aliphatic heterocycles. The first-order valence-corrected chi connectivity index (χ1v) is 4.36. The monoisotopic (exact) mass is 183 g/mol. The average molecular weight is 183 g/mol. The molecule has 1 rings (SSSR count). The zero-order valence-electron chi connectivity index (χ0n) is 8.13. The minimum Gasteiger partial charge on any atom is -0.588 e. The van der Waals surface area contributed by atoms with Crippen LogP contribution in [0.3, 0.4) is 0 Å². The van der Waals surface area contributed by atoms with Crippen LogP contribution < -0.4 is 5.43 Å². The normalized spacial score (nSPS) is 13.2. The molecular weight excluding hydrogens is 168 g/mol. The Kier molecular flexibility index (Phi) is 2.76. The van der Waals surface area contributed by atoms with Crippen molar-refractivity contribution in [3.05, 3.63) is 28.3 Å². The first kappa shape index (κ1) is 9.84. The second kappa shape index (κ2) is 3.64. The maximum atomic E-state index is 11.5. The molecule has 0 radical (unpaired) electrons. The van der Waals surface area contributed by atoms with Crippen molar-refractivity contribution in [1.29, 1.82) is 0 Å². The third-order valence-electron chi connectivity index (χ3n) is 2.38. The number of hydrogen-bond acceptors (Lipinski definition) is 2. The standard InChI is InChI=1S/C10H14O3/c1-6(2)7(3)8-4-13-5-9(11)10(8)12/h4-7,11H,1-3H3/p+1. The first-order chi connectivity index (χ1) is 6.04. The molecule has 0 bridgehead atoms. The van der Waals surface area contributed by atoms with E-state index in [1.54, 1.807) is 0 Å².